The number of nitrogens with zero attached hydrogens (tertiary/aromatic N) is 1. The standard InChI is InChI=1S/C12H20BNO3/c1-9-7-14(8-10(2)17-9)12-5-3-11(4-6-12)13(15)16/h3-5,9-10,12,15-16H,6-8H2,1-2H3/t9-,10+,12?. The molecule has 0 saturated carbocycles. The molecule has 5 heteroatoms. The molecule has 2 N–H and O–H groups in total. The summed E-state index contributed by atoms with van der Waals surface area (Å²) in [6.07, 6.45) is 7.13. The van der Waals surface area contributed by atoms with Crippen LogP contribution in [0.2, 0.25) is 0 Å². The van der Waals surface area contributed by atoms with Gasteiger partial charge < -0.3 is 14.8 Å². The highest BCUT2D eigenvalue weighted by molar-refractivity contribution is 6.51. The molecule has 0 aromatic carbocycles. The van der Waals surface area contributed by atoms with E-state index in [0.29, 0.717) is 11.5 Å². The van der Waals surface area contributed by atoms with Crippen molar-refractivity contribution in [3.8, 4) is 0 Å². The molecular formula is C12H20BNO3. The molecule has 3 atom stereocenters. The van der Waals surface area contributed by atoms with E-state index in [1.54, 1.807) is 0 Å². The minimum atomic E-state index is -1.35. The van der Waals surface area contributed by atoms with E-state index in [1.165, 1.54) is 0 Å². The Bertz CT molecular complexity index is 320. The van der Waals surface area contributed by atoms with Crippen LogP contribution >= 0.6 is 0 Å². The lowest BCUT2D eigenvalue weighted by Gasteiger charge is -2.39. The van der Waals surface area contributed by atoms with Gasteiger partial charge in [-0.15, -0.1) is 0 Å². The second-order valence-electron chi connectivity index (χ2n) is 4.95. The maximum absolute atomic E-state index is 9.06. The van der Waals surface area contributed by atoms with E-state index in [0.717, 1.165) is 19.5 Å². The summed E-state index contributed by atoms with van der Waals surface area (Å²) >= 11 is 0. The fourth-order valence-corrected chi connectivity index (χ4v) is 2.58. The van der Waals surface area contributed by atoms with Crippen molar-refractivity contribution in [2.45, 2.75) is 38.5 Å². The minimum Gasteiger partial charge on any atom is -0.423 e. The maximum atomic E-state index is 9.06. The predicted molar refractivity (Wildman–Crippen MR) is 67.4 cm³/mol. The molecule has 1 aliphatic heterocycles. The predicted octanol–water partition coefficient (Wildman–Crippen LogP) is 0.362. The molecule has 0 spiro atoms. The van der Waals surface area contributed by atoms with Gasteiger partial charge in [0, 0.05) is 19.1 Å². The van der Waals surface area contributed by atoms with Gasteiger partial charge in [0.05, 0.1) is 12.2 Å². The lowest BCUT2D eigenvalue weighted by atomic mass is 9.76. The van der Waals surface area contributed by atoms with Crippen LogP contribution in [0.15, 0.2) is 23.7 Å². The third-order valence-electron chi connectivity index (χ3n) is 3.32. The normalized spacial score (nSPS) is 34.6. The summed E-state index contributed by atoms with van der Waals surface area (Å²) < 4.78 is 5.71. The van der Waals surface area contributed by atoms with Crippen molar-refractivity contribution < 1.29 is 14.8 Å². The first kappa shape index (κ1) is 12.8. The highest BCUT2D eigenvalue weighted by atomic mass is 16.5. The van der Waals surface area contributed by atoms with Crippen molar-refractivity contribution in [1.29, 1.82) is 0 Å². The Morgan fingerprint density at radius 3 is 2.41 bits per heavy atom. The van der Waals surface area contributed by atoms with Gasteiger partial charge in [0.1, 0.15) is 0 Å². The Morgan fingerprint density at radius 2 is 1.94 bits per heavy atom. The topological polar surface area (TPSA) is 52.9 Å². The molecule has 2 aliphatic rings. The number of allylic oxidation sites excluding steroid dienone is 2. The fraction of sp³-hybridized carbons (Fsp3) is 0.667. The van der Waals surface area contributed by atoms with Crippen molar-refractivity contribution in [3.63, 3.8) is 0 Å². The zero-order chi connectivity index (χ0) is 12.4. The summed E-state index contributed by atoms with van der Waals surface area (Å²) in [5.41, 5.74) is 0.593. The Morgan fingerprint density at radius 1 is 1.29 bits per heavy atom. The molecule has 4 nitrogen and oxygen atoms in total. The summed E-state index contributed by atoms with van der Waals surface area (Å²) in [7, 11) is -1.35. The van der Waals surface area contributed by atoms with Crippen LogP contribution in [0.1, 0.15) is 20.3 Å². The first-order valence-corrected chi connectivity index (χ1v) is 6.20. The molecule has 0 radical (unpaired) electrons. The van der Waals surface area contributed by atoms with E-state index in [4.69, 9.17) is 14.8 Å². The molecule has 1 saturated heterocycles. The highest BCUT2D eigenvalue weighted by Gasteiger charge is 2.27. The molecule has 1 fully saturated rings. The molecule has 0 aromatic heterocycles. The van der Waals surface area contributed by atoms with E-state index < -0.39 is 7.12 Å². The van der Waals surface area contributed by atoms with Crippen LogP contribution in [0, 0.1) is 0 Å². The van der Waals surface area contributed by atoms with Gasteiger partial charge in [-0.3, -0.25) is 4.90 Å². The van der Waals surface area contributed by atoms with Gasteiger partial charge in [-0.05, 0) is 25.7 Å². The zero-order valence-electron chi connectivity index (χ0n) is 10.4. The van der Waals surface area contributed by atoms with Crippen molar-refractivity contribution in [2.75, 3.05) is 13.1 Å². The van der Waals surface area contributed by atoms with Crippen molar-refractivity contribution >= 4 is 7.12 Å². The number of ether oxygens (including phenoxy) is 1. The van der Waals surface area contributed by atoms with Crippen LogP contribution in [0.25, 0.3) is 0 Å². The van der Waals surface area contributed by atoms with Crippen molar-refractivity contribution in [1.82, 2.24) is 4.90 Å². The lowest BCUT2D eigenvalue weighted by Crippen LogP contribution is -2.49. The van der Waals surface area contributed by atoms with E-state index in [-0.39, 0.29) is 12.2 Å². The molecular weight excluding hydrogens is 217 g/mol. The molecule has 0 bridgehead atoms. The summed E-state index contributed by atoms with van der Waals surface area (Å²) in [5.74, 6) is 0. The van der Waals surface area contributed by atoms with Gasteiger partial charge in [0.25, 0.3) is 0 Å². The quantitative estimate of drug-likeness (QED) is 0.681. The third-order valence-corrected chi connectivity index (χ3v) is 3.32. The van der Waals surface area contributed by atoms with Crippen LogP contribution in [0.5, 0.6) is 0 Å². The van der Waals surface area contributed by atoms with Crippen LogP contribution in [0.3, 0.4) is 0 Å². The summed E-state index contributed by atoms with van der Waals surface area (Å²) in [5, 5.41) is 18.1. The first-order valence-electron chi connectivity index (χ1n) is 6.20. The van der Waals surface area contributed by atoms with E-state index in [2.05, 4.69) is 24.8 Å². The number of hydrogen-bond donors (Lipinski definition) is 2. The van der Waals surface area contributed by atoms with Crippen LogP contribution in [-0.2, 0) is 4.74 Å². The van der Waals surface area contributed by atoms with Crippen molar-refractivity contribution in [2.24, 2.45) is 0 Å². The van der Waals surface area contributed by atoms with E-state index in [1.807, 2.05) is 12.2 Å². The van der Waals surface area contributed by atoms with Crippen LogP contribution in [-0.4, -0.2) is 53.4 Å². The van der Waals surface area contributed by atoms with Gasteiger partial charge >= 0.3 is 7.12 Å². The van der Waals surface area contributed by atoms with E-state index >= 15 is 0 Å². The average molecular weight is 237 g/mol. The molecule has 1 heterocycles. The minimum absolute atomic E-state index is 0.265. The maximum Gasteiger partial charge on any atom is 0.488 e. The molecule has 1 unspecified atom stereocenters. The van der Waals surface area contributed by atoms with Gasteiger partial charge in [-0.25, -0.2) is 0 Å². The van der Waals surface area contributed by atoms with Crippen LogP contribution in [0.4, 0.5) is 0 Å². The number of hydrogen-bond acceptors (Lipinski definition) is 4. The van der Waals surface area contributed by atoms with Crippen LogP contribution < -0.4 is 0 Å². The lowest BCUT2D eigenvalue weighted by molar-refractivity contribution is -0.0751. The van der Waals surface area contributed by atoms with E-state index in [9.17, 15) is 0 Å². The first-order chi connectivity index (χ1) is 8.06. The molecule has 94 valence electrons. The largest absolute Gasteiger partial charge is 0.488 e. The monoisotopic (exact) mass is 237 g/mol. The Hall–Kier alpha value is -0.615. The average Bonchev–Trinajstić information content (AvgIpc) is 2.28. The second kappa shape index (κ2) is 5.35. The Balaban J connectivity index is 1.95. The Labute approximate surface area is 103 Å². The molecule has 17 heavy (non-hydrogen) atoms. The summed E-state index contributed by atoms with van der Waals surface area (Å²) in [6.45, 7) is 6.05. The smallest absolute Gasteiger partial charge is 0.423 e. The molecule has 2 rings (SSSR count). The van der Waals surface area contributed by atoms with Gasteiger partial charge in [0.15, 0.2) is 0 Å². The number of rotatable bonds is 2. The molecule has 1 aliphatic carbocycles. The highest BCUT2D eigenvalue weighted by Crippen LogP contribution is 2.20. The molecule has 0 aromatic rings. The summed E-state index contributed by atoms with van der Waals surface area (Å²) in [6, 6.07) is 0.353. The third kappa shape index (κ3) is 3.19. The van der Waals surface area contributed by atoms with Crippen molar-refractivity contribution in [3.05, 3.63) is 23.7 Å². The summed E-state index contributed by atoms with van der Waals surface area (Å²) in [4.78, 5) is 2.40. The molecule has 0 amide bonds. The Kier molecular flexibility index (Phi) is 4.04. The SMILES string of the molecule is C[C@@H]1CN(C2C=CC(B(O)O)=CC2)C[C@H](C)O1. The van der Waals surface area contributed by atoms with Gasteiger partial charge in [-0.1, -0.05) is 18.2 Å². The van der Waals surface area contributed by atoms with Gasteiger partial charge in [-0.2, -0.15) is 0 Å². The van der Waals surface area contributed by atoms with Gasteiger partial charge in [0.2, 0.25) is 0 Å². The number of morpholine rings is 1. The second-order valence-corrected chi connectivity index (χ2v) is 4.95. The fourth-order valence-electron chi connectivity index (χ4n) is 2.58. The zero-order valence-corrected chi connectivity index (χ0v) is 10.4.